The number of hydrogen-bond acceptors (Lipinski definition) is 6. The monoisotopic (exact) mass is 404 g/mol. The van der Waals surface area contributed by atoms with E-state index in [1.165, 1.54) is 29.6 Å². The summed E-state index contributed by atoms with van der Waals surface area (Å²) in [6, 6.07) is 4.47. The van der Waals surface area contributed by atoms with E-state index in [1.54, 1.807) is 0 Å². The molecule has 2 aliphatic heterocycles. The average Bonchev–Trinajstić information content (AvgIpc) is 3.12. The van der Waals surface area contributed by atoms with Crippen molar-refractivity contribution in [3.05, 3.63) is 23.8 Å². The molecule has 2 heterocycles. The highest BCUT2D eigenvalue weighted by Gasteiger charge is 2.35. The van der Waals surface area contributed by atoms with Gasteiger partial charge in [-0.1, -0.05) is 0 Å². The van der Waals surface area contributed by atoms with Gasteiger partial charge >= 0.3 is 0 Å². The molecule has 0 saturated carbocycles. The smallest absolute Gasteiger partial charge is 0.252 e. The molecule has 0 aliphatic carbocycles. The van der Waals surface area contributed by atoms with Crippen LogP contribution in [-0.2, 0) is 10.0 Å². The second-order valence-electron chi connectivity index (χ2n) is 6.32. The molecule has 3 N–H and O–H groups in total. The van der Waals surface area contributed by atoms with Gasteiger partial charge in [0.1, 0.15) is 5.75 Å². The minimum atomic E-state index is -3.66. The highest BCUT2D eigenvalue weighted by atomic mass is 35.5. The van der Waals surface area contributed by atoms with E-state index in [0.29, 0.717) is 13.1 Å². The van der Waals surface area contributed by atoms with Gasteiger partial charge in [0, 0.05) is 45.3 Å². The Morgan fingerprint density at radius 3 is 2.58 bits per heavy atom. The van der Waals surface area contributed by atoms with Gasteiger partial charge in [-0.05, 0) is 24.6 Å². The molecule has 26 heavy (non-hydrogen) atoms. The number of rotatable bonds is 5. The van der Waals surface area contributed by atoms with Gasteiger partial charge in [-0.3, -0.25) is 9.69 Å². The van der Waals surface area contributed by atoms with E-state index >= 15 is 0 Å². The zero-order valence-corrected chi connectivity index (χ0v) is 16.3. The number of nitrogens with zero attached hydrogens (tertiary/aromatic N) is 2. The molecule has 2 aliphatic rings. The Hall–Kier alpha value is -1.39. The first-order chi connectivity index (χ1) is 11.9. The second-order valence-corrected chi connectivity index (χ2v) is 8.26. The number of nitrogens with two attached hydrogens (primary N) is 1. The van der Waals surface area contributed by atoms with Crippen molar-refractivity contribution in [3.8, 4) is 5.75 Å². The highest BCUT2D eigenvalue weighted by molar-refractivity contribution is 7.89. The summed E-state index contributed by atoms with van der Waals surface area (Å²) in [5, 5.41) is 3.30. The Morgan fingerprint density at radius 1 is 1.27 bits per heavy atom. The van der Waals surface area contributed by atoms with Gasteiger partial charge in [-0.2, -0.15) is 4.31 Å². The van der Waals surface area contributed by atoms with E-state index < -0.39 is 15.9 Å². The first-order valence-electron chi connectivity index (χ1n) is 8.36. The summed E-state index contributed by atoms with van der Waals surface area (Å²) in [4.78, 5) is 14.0. The summed E-state index contributed by atoms with van der Waals surface area (Å²) in [7, 11) is -2.25. The van der Waals surface area contributed by atoms with Gasteiger partial charge in [0.15, 0.2) is 0 Å². The summed E-state index contributed by atoms with van der Waals surface area (Å²) >= 11 is 0. The van der Waals surface area contributed by atoms with Crippen molar-refractivity contribution in [1.29, 1.82) is 0 Å². The van der Waals surface area contributed by atoms with Gasteiger partial charge in [0.25, 0.3) is 5.91 Å². The topological polar surface area (TPSA) is 105 Å². The van der Waals surface area contributed by atoms with Crippen molar-refractivity contribution in [1.82, 2.24) is 14.5 Å². The molecule has 2 saturated heterocycles. The maximum absolute atomic E-state index is 12.9. The van der Waals surface area contributed by atoms with E-state index in [1.807, 2.05) is 0 Å². The molecule has 1 aromatic rings. The predicted octanol–water partition coefficient (Wildman–Crippen LogP) is -0.116. The molecule has 8 nitrogen and oxygen atoms in total. The zero-order valence-electron chi connectivity index (χ0n) is 14.7. The molecule has 1 unspecified atom stereocenters. The van der Waals surface area contributed by atoms with Crippen LogP contribution in [0.1, 0.15) is 16.8 Å². The van der Waals surface area contributed by atoms with E-state index in [4.69, 9.17) is 10.5 Å². The van der Waals surface area contributed by atoms with E-state index in [-0.39, 0.29) is 34.7 Å². The number of methoxy groups -OCH3 is 1. The Morgan fingerprint density at radius 2 is 1.96 bits per heavy atom. The number of amides is 1. The summed E-state index contributed by atoms with van der Waals surface area (Å²) in [5.41, 5.74) is 5.41. The summed E-state index contributed by atoms with van der Waals surface area (Å²) in [6.45, 7) is 4.70. The third-order valence-corrected chi connectivity index (χ3v) is 6.73. The van der Waals surface area contributed by atoms with Gasteiger partial charge in [-0.25, -0.2) is 8.42 Å². The van der Waals surface area contributed by atoms with Gasteiger partial charge < -0.3 is 15.8 Å². The number of primary amides is 1. The summed E-state index contributed by atoms with van der Waals surface area (Å²) in [5.74, 6) is -0.444. The number of benzene rings is 1. The number of carbonyl (C=O) groups is 1. The third-order valence-electron chi connectivity index (χ3n) is 4.87. The first kappa shape index (κ1) is 20.9. The van der Waals surface area contributed by atoms with Crippen LogP contribution in [0.5, 0.6) is 5.75 Å². The molecule has 10 heteroatoms. The number of ether oxygens (including phenoxy) is 1. The van der Waals surface area contributed by atoms with E-state index in [9.17, 15) is 13.2 Å². The van der Waals surface area contributed by atoms with Crippen LogP contribution in [0.2, 0.25) is 0 Å². The van der Waals surface area contributed by atoms with Gasteiger partial charge in [0.2, 0.25) is 10.0 Å². The lowest BCUT2D eigenvalue weighted by atomic mass is 10.2. The van der Waals surface area contributed by atoms with Crippen molar-refractivity contribution in [3.63, 3.8) is 0 Å². The molecule has 0 bridgehead atoms. The fourth-order valence-corrected chi connectivity index (χ4v) is 4.98. The van der Waals surface area contributed by atoms with Crippen LogP contribution >= 0.6 is 12.4 Å². The molecule has 146 valence electrons. The summed E-state index contributed by atoms with van der Waals surface area (Å²) in [6.07, 6.45) is 0.818. The minimum Gasteiger partial charge on any atom is -0.496 e. The SMILES string of the molecule is COc1ccc(S(=O)(=O)N2CCC(N3CCNCC3)C2)cc1C(N)=O.Cl. The second kappa shape index (κ2) is 8.53. The number of piperazine rings is 1. The molecule has 1 atom stereocenters. The van der Waals surface area contributed by atoms with Crippen molar-refractivity contribution in [2.75, 3.05) is 46.4 Å². The van der Waals surface area contributed by atoms with Crippen LogP contribution < -0.4 is 15.8 Å². The lowest BCUT2D eigenvalue weighted by molar-refractivity contribution is 0.0997. The molecule has 0 radical (unpaired) electrons. The number of carbonyl (C=O) groups excluding carboxylic acids is 1. The third kappa shape index (κ3) is 4.12. The maximum atomic E-state index is 12.9. The average molecular weight is 405 g/mol. The number of nitrogens with one attached hydrogen (secondary N) is 1. The molecular formula is C16H25ClN4O4S. The van der Waals surface area contributed by atoms with Crippen LogP contribution in [0.25, 0.3) is 0 Å². The molecule has 1 amide bonds. The van der Waals surface area contributed by atoms with Crippen LogP contribution in [0.4, 0.5) is 0 Å². The van der Waals surface area contributed by atoms with E-state index in [2.05, 4.69) is 10.2 Å². The molecule has 0 spiro atoms. The number of hydrogen-bond donors (Lipinski definition) is 2. The molecular weight excluding hydrogens is 380 g/mol. The molecule has 3 rings (SSSR count). The normalized spacial score (nSPS) is 22.0. The van der Waals surface area contributed by atoms with Crippen molar-refractivity contribution < 1.29 is 17.9 Å². The Labute approximate surface area is 160 Å². The van der Waals surface area contributed by atoms with Crippen molar-refractivity contribution >= 4 is 28.3 Å². The fraction of sp³-hybridized carbons (Fsp3) is 0.562. The quantitative estimate of drug-likeness (QED) is 0.709. The largest absolute Gasteiger partial charge is 0.496 e. The van der Waals surface area contributed by atoms with Crippen LogP contribution in [0, 0.1) is 0 Å². The van der Waals surface area contributed by atoms with Crippen molar-refractivity contribution in [2.45, 2.75) is 17.4 Å². The van der Waals surface area contributed by atoms with Gasteiger partial charge in [-0.15, -0.1) is 12.4 Å². The van der Waals surface area contributed by atoms with Crippen molar-refractivity contribution in [2.24, 2.45) is 5.73 Å². The highest BCUT2D eigenvalue weighted by Crippen LogP contribution is 2.27. The lowest BCUT2D eigenvalue weighted by Gasteiger charge is -2.32. The van der Waals surface area contributed by atoms with Crippen LogP contribution in [0.3, 0.4) is 0 Å². The van der Waals surface area contributed by atoms with Crippen LogP contribution in [-0.4, -0.2) is 76.0 Å². The zero-order chi connectivity index (χ0) is 18.0. The Bertz CT molecular complexity index is 753. The molecule has 0 aromatic heterocycles. The lowest BCUT2D eigenvalue weighted by Crippen LogP contribution is -2.49. The maximum Gasteiger partial charge on any atom is 0.252 e. The minimum absolute atomic E-state index is 0. The Kier molecular flexibility index (Phi) is 6.86. The Balaban J connectivity index is 0.00000243. The molecule has 2 fully saturated rings. The first-order valence-corrected chi connectivity index (χ1v) is 9.80. The number of sulfonamides is 1. The molecule has 1 aromatic carbocycles. The van der Waals surface area contributed by atoms with Crippen LogP contribution in [0.15, 0.2) is 23.1 Å². The fourth-order valence-electron chi connectivity index (χ4n) is 3.46. The van der Waals surface area contributed by atoms with E-state index in [0.717, 1.165) is 32.6 Å². The number of halogens is 1. The predicted molar refractivity (Wildman–Crippen MR) is 100 cm³/mol. The summed E-state index contributed by atoms with van der Waals surface area (Å²) < 4.78 is 32.4. The van der Waals surface area contributed by atoms with Gasteiger partial charge in [0.05, 0.1) is 17.6 Å². The standard InChI is InChI=1S/C16H24N4O4S.ClH/c1-24-15-3-2-13(10-14(15)16(17)21)25(22,23)20-7-4-12(11-20)19-8-5-18-6-9-19;/h2-3,10,12,18H,4-9,11H2,1H3,(H2,17,21);1H.